The first-order chi connectivity index (χ1) is 10.1. The minimum atomic E-state index is -0.119. The zero-order chi connectivity index (χ0) is 15.2. The molecule has 1 heterocycles. The highest BCUT2D eigenvalue weighted by molar-refractivity contribution is 9.10. The first-order valence-corrected chi connectivity index (χ1v) is 8.51. The Kier molecular flexibility index (Phi) is 6.03. The van der Waals surface area contributed by atoms with Crippen molar-refractivity contribution in [3.8, 4) is 0 Å². The second kappa shape index (κ2) is 7.78. The molecule has 1 fully saturated rings. The summed E-state index contributed by atoms with van der Waals surface area (Å²) in [4.78, 5) is 12.1. The Morgan fingerprint density at radius 2 is 2.38 bits per heavy atom. The number of hydrogen-bond donors (Lipinski definition) is 1. The van der Waals surface area contributed by atoms with Crippen LogP contribution in [0.1, 0.15) is 39.0 Å². The number of aromatic nitrogens is 2. The second-order valence-electron chi connectivity index (χ2n) is 6.00. The van der Waals surface area contributed by atoms with Gasteiger partial charge in [-0.05, 0) is 40.6 Å². The van der Waals surface area contributed by atoms with Gasteiger partial charge in [0, 0.05) is 6.54 Å². The molecule has 21 heavy (non-hydrogen) atoms. The highest BCUT2D eigenvalue weighted by Crippen LogP contribution is 2.30. The van der Waals surface area contributed by atoms with Crippen LogP contribution in [0.5, 0.6) is 0 Å². The standard InChI is InChI=1S/C16H24BrN3O/c1-3-9-20-16(21)15(17)14(11-19-20)18-8-7-13-6-4-5-12(2)10-13/h3,11-13,18H,1,4-10H2,2H3. The van der Waals surface area contributed by atoms with E-state index in [1.165, 1.54) is 30.4 Å². The summed E-state index contributed by atoms with van der Waals surface area (Å²) in [5, 5.41) is 7.48. The zero-order valence-electron chi connectivity index (χ0n) is 12.6. The summed E-state index contributed by atoms with van der Waals surface area (Å²) in [5.41, 5.74) is 0.662. The predicted octanol–water partition coefficient (Wildman–Crippen LogP) is 3.82. The van der Waals surface area contributed by atoms with E-state index in [-0.39, 0.29) is 5.56 Å². The summed E-state index contributed by atoms with van der Waals surface area (Å²) >= 11 is 3.37. The van der Waals surface area contributed by atoms with Crippen molar-refractivity contribution in [3.63, 3.8) is 0 Å². The van der Waals surface area contributed by atoms with E-state index in [0.717, 1.165) is 30.5 Å². The van der Waals surface area contributed by atoms with Crippen molar-refractivity contribution in [1.82, 2.24) is 9.78 Å². The molecule has 5 heteroatoms. The number of rotatable bonds is 6. The van der Waals surface area contributed by atoms with Gasteiger partial charge in [-0.1, -0.05) is 32.3 Å². The maximum atomic E-state index is 12.1. The van der Waals surface area contributed by atoms with Gasteiger partial charge in [0.15, 0.2) is 0 Å². The fourth-order valence-corrected chi connectivity index (χ4v) is 3.52. The van der Waals surface area contributed by atoms with Gasteiger partial charge in [0.1, 0.15) is 4.47 Å². The molecule has 1 saturated carbocycles. The molecule has 2 unspecified atom stereocenters. The molecule has 1 aromatic rings. The van der Waals surface area contributed by atoms with E-state index in [2.05, 4.69) is 39.8 Å². The molecular weight excluding hydrogens is 330 g/mol. The number of allylic oxidation sites excluding steroid dienone is 1. The van der Waals surface area contributed by atoms with E-state index in [1.807, 2.05) is 0 Å². The molecule has 0 aliphatic heterocycles. The summed E-state index contributed by atoms with van der Waals surface area (Å²) in [6, 6.07) is 0. The molecule has 2 atom stereocenters. The largest absolute Gasteiger partial charge is 0.383 e. The number of anilines is 1. The van der Waals surface area contributed by atoms with Gasteiger partial charge in [-0.15, -0.1) is 6.58 Å². The van der Waals surface area contributed by atoms with Crippen LogP contribution in [0.2, 0.25) is 0 Å². The van der Waals surface area contributed by atoms with Crippen LogP contribution >= 0.6 is 15.9 Å². The third kappa shape index (κ3) is 4.43. The van der Waals surface area contributed by atoms with Crippen LogP contribution in [-0.4, -0.2) is 16.3 Å². The predicted molar refractivity (Wildman–Crippen MR) is 90.6 cm³/mol. The summed E-state index contributed by atoms with van der Waals surface area (Å²) in [6.45, 7) is 7.29. The lowest BCUT2D eigenvalue weighted by molar-refractivity contribution is 0.274. The van der Waals surface area contributed by atoms with E-state index in [0.29, 0.717) is 11.0 Å². The van der Waals surface area contributed by atoms with Crippen LogP contribution in [0.3, 0.4) is 0 Å². The van der Waals surface area contributed by atoms with Crippen molar-refractivity contribution >= 4 is 21.6 Å². The maximum Gasteiger partial charge on any atom is 0.283 e. The third-order valence-electron chi connectivity index (χ3n) is 4.20. The van der Waals surface area contributed by atoms with Gasteiger partial charge in [-0.3, -0.25) is 4.79 Å². The molecule has 1 aliphatic rings. The molecule has 1 N–H and O–H groups in total. The van der Waals surface area contributed by atoms with Gasteiger partial charge < -0.3 is 5.32 Å². The lowest BCUT2D eigenvalue weighted by Crippen LogP contribution is -2.24. The van der Waals surface area contributed by atoms with Gasteiger partial charge in [0.25, 0.3) is 5.56 Å². The van der Waals surface area contributed by atoms with Crippen LogP contribution in [0.25, 0.3) is 0 Å². The Hall–Kier alpha value is -1.10. The average Bonchev–Trinajstić information content (AvgIpc) is 2.47. The third-order valence-corrected chi connectivity index (χ3v) is 4.97. The van der Waals surface area contributed by atoms with E-state index in [9.17, 15) is 4.79 Å². The summed E-state index contributed by atoms with van der Waals surface area (Å²) in [7, 11) is 0. The van der Waals surface area contributed by atoms with Gasteiger partial charge in [-0.25, -0.2) is 4.68 Å². The van der Waals surface area contributed by atoms with Crippen LogP contribution in [0.4, 0.5) is 5.69 Å². The lowest BCUT2D eigenvalue weighted by Gasteiger charge is -2.26. The minimum absolute atomic E-state index is 0.119. The summed E-state index contributed by atoms with van der Waals surface area (Å²) in [5.74, 6) is 1.68. The SMILES string of the molecule is C=CCn1ncc(NCCC2CCCC(C)C2)c(Br)c1=O. The Morgan fingerprint density at radius 1 is 1.57 bits per heavy atom. The van der Waals surface area contributed by atoms with Crippen LogP contribution in [0, 0.1) is 11.8 Å². The van der Waals surface area contributed by atoms with Gasteiger partial charge >= 0.3 is 0 Å². The topological polar surface area (TPSA) is 46.9 Å². The van der Waals surface area contributed by atoms with Gasteiger partial charge in [0.2, 0.25) is 0 Å². The molecule has 0 aromatic carbocycles. The van der Waals surface area contributed by atoms with Crippen molar-refractivity contribution in [1.29, 1.82) is 0 Å². The van der Waals surface area contributed by atoms with E-state index in [1.54, 1.807) is 12.3 Å². The fourth-order valence-electron chi connectivity index (χ4n) is 3.07. The van der Waals surface area contributed by atoms with Gasteiger partial charge in [-0.2, -0.15) is 5.10 Å². The monoisotopic (exact) mass is 353 g/mol. The van der Waals surface area contributed by atoms with E-state index < -0.39 is 0 Å². The second-order valence-corrected chi connectivity index (χ2v) is 6.79. The van der Waals surface area contributed by atoms with E-state index in [4.69, 9.17) is 0 Å². The Bertz CT molecular complexity index is 541. The molecule has 0 bridgehead atoms. The zero-order valence-corrected chi connectivity index (χ0v) is 14.2. The number of nitrogens with zero attached hydrogens (tertiary/aromatic N) is 2. The first kappa shape index (κ1) is 16.3. The molecule has 0 spiro atoms. The van der Waals surface area contributed by atoms with Crippen molar-refractivity contribution in [3.05, 3.63) is 33.7 Å². The average molecular weight is 354 g/mol. The number of hydrogen-bond acceptors (Lipinski definition) is 3. The molecule has 0 amide bonds. The number of halogens is 1. The summed E-state index contributed by atoms with van der Waals surface area (Å²) in [6.07, 6.45) is 9.94. The molecule has 1 aromatic heterocycles. The highest BCUT2D eigenvalue weighted by atomic mass is 79.9. The van der Waals surface area contributed by atoms with Crippen LogP contribution < -0.4 is 10.9 Å². The Labute approximate surface area is 134 Å². The highest BCUT2D eigenvalue weighted by Gasteiger charge is 2.18. The van der Waals surface area contributed by atoms with E-state index >= 15 is 0 Å². The Balaban J connectivity index is 1.90. The van der Waals surface area contributed by atoms with Crippen LogP contribution in [-0.2, 0) is 6.54 Å². The smallest absolute Gasteiger partial charge is 0.283 e. The quantitative estimate of drug-likeness (QED) is 0.790. The Morgan fingerprint density at radius 3 is 3.10 bits per heavy atom. The maximum absolute atomic E-state index is 12.1. The summed E-state index contributed by atoms with van der Waals surface area (Å²) < 4.78 is 1.95. The number of nitrogens with one attached hydrogen (secondary N) is 1. The lowest BCUT2D eigenvalue weighted by atomic mass is 9.81. The fraction of sp³-hybridized carbons (Fsp3) is 0.625. The molecule has 0 radical (unpaired) electrons. The molecule has 2 rings (SSSR count). The molecular formula is C16H24BrN3O. The molecule has 4 nitrogen and oxygen atoms in total. The van der Waals surface area contributed by atoms with Crippen LogP contribution in [0.15, 0.2) is 28.1 Å². The van der Waals surface area contributed by atoms with Crippen molar-refractivity contribution < 1.29 is 0 Å². The molecule has 116 valence electrons. The van der Waals surface area contributed by atoms with Crippen molar-refractivity contribution in [2.24, 2.45) is 11.8 Å². The van der Waals surface area contributed by atoms with Crippen molar-refractivity contribution in [2.45, 2.75) is 45.6 Å². The minimum Gasteiger partial charge on any atom is -0.383 e. The molecule has 1 aliphatic carbocycles. The van der Waals surface area contributed by atoms with Gasteiger partial charge in [0.05, 0.1) is 18.4 Å². The normalized spacial score (nSPS) is 22.0. The molecule has 0 saturated heterocycles. The van der Waals surface area contributed by atoms with Crippen molar-refractivity contribution in [2.75, 3.05) is 11.9 Å². The first-order valence-electron chi connectivity index (χ1n) is 7.72.